The summed E-state index contributed by atoms with van der Waals surface area (Å²) in [5.74, 6) is -0.174. The van der Waals surface area contributed by atoms with E-state index in [9.17, 15) is 13.2 Å². The highest BCUT2D eigenvalue weighted by Gasteiger charge is 2.31. The highest BCUT2D eigenvalue weighted by molar-refractivity contribution is 7.91. The molecule has 0 aromatic heterocycles. The number of carbonyl (C=O) groups is 1. The van der Waals surface area contributed by atoms with Crippen molar-refractivity contribution in [2.45, 2.75) is 30.9 Å². The highest BCUT2D eigenvalue weighted by Crippen LogP contribution is 2.28. The van der Waals surface area contributed by atoms with Gasteiger partial charge in [-0.15, -0.1) is 0 Å². The molecular formula is C19H23NO3S. The molecule has 0 saturated carbocycles. The van der Waals surface area contributed by atoms with Gasteiger partial charge in [0.1, 0.15) is 5.25 Å². The van der Waals surface area contributed by atoms with Crippen LogP contribution >= 0.6 is 0 Å². The smallest absolute Gasteiger partial charge is 0.225 e. The zero-order valence-electron chi connectivity index (χ0n) is 14.2. The van der Waals surface area contributed by atoms with Crippen LogP contribution in [0.5, 0.6) is 0 Å². The van der Waals surface area contributed by atoms with Crippen molar-refractivity contribution in [1.29, 1.82) is 0 Å². The highest BCUT2D eigenvalue weighted by atomic mass is 32.2. The van der Waals surface area contributed by atoms with E-state index in [0.717, 1.165) is 0 Å². The van der Waals surface area contributed by atoms with Gasteiger partial charge in [0, 0.05) is 12.0 Å². The van der Waals surface area contributed by atoms with E-state index in [-0.39, 0.29) is 17.3 Å². The maximum Gasteiger partial charge on any atom is 0.225 e. The SMILES string of the molecule is CC(C)(C)C(=O)NC[C@H](c1ccccc1)S(=O)(=O)c1ccccc1. The van der Waals surface area contributed by atoms with Crippen LogP contribution in [0.3, 0.4) is 0 Å². The van der Waals surface area contributed by atoms with Crippen LogP contribution < -0.4 is 5.32 Å². The first-order chi connectivity index (χ1) is 11.2. The summed E-state index contributed by atoms with van der Waals surface area (Å²) >= 11 is 0. The quantitative estimate of drug-likeness (QED) is 0.904. The number of amides is 1. The van der Waals surface area contributed by atoms with Gasteiger partial charge in [0.25, 0.3) is 0 Å². The summed E-state index contributed by atoms with van der Waals surface area (Å²) in [5, 5.41) is 1.95. The molecule has 0 saturated heterocycles. The van der Waals surface area contributed by atoms with E-state index >= 15 is 0 Å². The van der Waals surface area contributed by atoms with Gasteiger partial charge >= 0.3 is 0 Å². The molecular weight excluding hydrogens is 322 g/mol. The van der Waals surface area contributed by atoms with Crippen LogP contribution in [0.25, 0.3) is 0 Å². The van der Waals surface area contributed by atoms with Crippen molar-refractivity contribution >= 4 is 15.7 Å². The van der Waals surface area contributed by atoms with Crippen molar-refractivity contribution in [3.8, 4) is 0 Å². The first kappa shape index (κ1) is 18.2. The lowest BCUT2D eigenvalue weighted by molar-refractivity contribution is -0.128. The predicted molar refractivity (Wildman–Crippen MR) is 95.3 cm³/mol. The standard InChI is InChI=1S/C19H23NO3S/c1-19(2,3)18(21)20-14-17(15-10-6-4-7-11-15)24(22,23)16-12-8-5-9-13-16/h4-13,17H,14H2,1-3H3,(H,20,21)/t17-/m1/s1. The zero-order valence-corrected chi connectivity index (χ0v) is 15.0. The Hall–Kier alpha value is -2.14. The fraction of sp³-hybridized carbons (Fsp3) is 0.316. The Morgan fingerprint density at radius 2 is 1.46 bits per heavy atom. The average Bonchev–Trinajstić information content (AvgIpc) is 2.55. The largest absolute Gasteiger partial charge is 0.354 e. The van der Waals surface area contributed by atoms with E-state index in [1.807, 2.05) is 6.07 Å². The molecule has 24 heavy (non-hydrogen) atoms. The first-order valence-electron chi connectivity index (χ1n) is 7.85. The fourth-order valence-electron chi connectivity index (χ4n) is 2.30. The minimum atomic E-state index is -3.61. The van der Waals surface area contributed by atoms with Gasteiger partial charge in [0.2, 0.25) is 5.91 Å². The number of hydrogen-bond acceptors (Lipinski definition) is 3. The third kappa shape index (κ3) is 4.23. The maximum atomic E-state index is 13.0. The molecule has 4 nitrogen and oxygen atoms in total. The molecule has 1 N–H and O–H groups in total. The van der Waals surface area contributed by atoms with Gasteiger partial charge < -0.3 is 5.32 Å². The molecule has 0 fully saturated rings. The van der Waals surface area contributed by atoms with Gasteiger partial charge in [-0.1, -0.05) is 69.3 Å². The molecule has 0 bridgehead atoms. The molecule has 2 rings (SSSR count). The lowest BCUT2D eigenvalue weighted by atomic mass is 9.95. The Labute approximate surface area is 143 Å². The van der Waals surface area contributed by atoms with Gasteiger partial charge in [0.15, 0.2) is 9.84 Å². The molecule has 1 amide bonds. The summed E-state index contributed by atoms with van der Waals surface area (Å²) < 4.78 is 26.1. The molecule has 0 unspecified atom stereocenters. The Bertz CT molecular complexity index is 778. The summed E-state index contributed by atoms with van der Waals surface area (Å²) in [5.41, 5.74) is 0.0909. The second kappa shape index (κ2) is 7.18. The Morgan fingerprint density at radius 3 is 1.96 bits per heavy atom. The zero-order chi connectivity index (χ0) is 17.8. The average molecular weight is 345 g/mol. The van der Waals surface area contributed by atoms with Gasteiger partial charge in [-0.25, -0.2) is 8.42 Å². The van der Waals surface area contributed by atoms with Crippen molar-refractivity contribution in [3.63, 3.8) is 0 Å². The number of hydrogen-bond donors (Lipinski definition) is 1. The van der Waals surface area contributed by atoms with Crippen LogP contribution in [0.2, 0.25) is 0 Å². The van der Waals surface area contributed by atoms with E-state index in [4.69, 9.17) is 0 Å². The minimum Gasteiger partial charge on any atom is -0.354 e. The van der Waals surface area contributed by atoms with E-state index in [2.05, 4.69) is 5.32 Å². The summed E-state index contributed by atoms with van der Waals surface area (Å²) in [6.45, 7) is 5.43. The van der Waals surface area contributed by atoms with Crippen LogP contribution in [-0.2, 0) is 14.6 Å². The van der Waals surface area contributed by atoms with Gasteiger partial charge in [0.05, 0.1) is 4.90 Å². The van der Waals surface area contributed by atoms with Crippen LogP contribution in [0.15, 0.2) is 65.6 Å². The minimum absolute atomic E-state index is 0.0390. The van der Waals surface area contributed by atoms with E-state index in [0.29, 0.717) is 5.56 Å². The fourth-order valence-corrected chi connectivity index (χ4v) is 3.98. The van der Waals surface area contributed by atoms with E-state index in [1.54, 1.807) is 75.4 Å². The van der Waals surface area contributed by atoms with Crippen molar-refractivity contribution in [2.24, 2.45) is 5.41 Å². The summed E-state index contributed by atoms with van der Waals surface area (Å²) in [6, 6.07) is 17.3. The molecule has 1 atom stereocenters. The van der Waals surface area contributed by atoms with Crippen LogP contribution in [0, 0.1) is 5.41 Å². The van der Waals surface area contributed by atoms with Crippen molar-refractivity contribution < 1.29 is 13.2 Å². The molecule has 0 radical (unpaired) electrons. The number of carbonyl (C=O) groups excluding carboxylic acids is 1. The van der Waals surface area contributed by atoms with Crippen LogP contribution in [0.1, 0.15) is 31.6 Å². The number of nitrogens with one attached hydrogen (secondary N) is 1. The van der Waals surface area contributed by atoms with Crippen LogP contribution in [-0.4, -0.2) is 20.9 Å². The summed E-state index contributed by atoms with van der Waals surface area (Å²) in [6.07, 6.45) is 0. The van der Waals surface area contributed by atoms with Gasteiger partial charge in [-0.2, -0.15) is 0 Å². The molecule has 0 aliphatic carbocycles. The van der Waals surface area contributed by atoms with E-state index in [1.165, 1.54) is 0 Å². The van der Waals surface area contributed by atoms with Crippen LogP contribution in [0.4, 0.5) is 0 Å². The molecule has 5 heteroatoms. The molecule has 0 spiro atoms. The third-order valence-corrected chi connectivity index (χ3v) is 5.86. The van der Waals surface area contributed by atoms with Crippen molar-refractivity contribution in [1.82, 2.24) is 5.32 Å². The Morgan fingerprint density at radius 1 is 0.958 bits per heavy atom. The summed E-state index contributed by atoms with van der Waals surface area (Å²) in [7, 11) is -3.61. The monoisotopic (exact) mass is 345 g/mol. The van der Waals surface area contributed by atoms with Gasteiger partial charge in [-0.3, -0.25) is 4.79 Å². The molecule has 2 aromatic rings. The second-order valence-electron chi connectivity index (χ2n) is 6.72. The maximum absolute atomic E-state index is 13.0. The number of sulfone groups is 1. The van der Waals surface area contributed by atoms with Gasteiger partial charge in [-0.05, 0) is 17.7 Å². The lowest BCUT2D eigenvalue weighted by Gasteiger charge is -2.22. The lowest BCUT2D eigenvalue weighted by Crippen LogP contribution is -2.38. The number of benzene rings is 2. The molecule has 0 aliphatic rings. The normalized spacial score (nSPS) is 13.3. The second-order valence-corrected chi connectivity index (χ2v) is 8.85. The molecule has 0 heterocycles. The van der Waals surface area contributed by atoms with Crippen molar-refractivity contribution in [3.05, 3.63) is 66.2 Å². The topological polar surface area (TPSA) is 63.2 Å². The first-order valence-corrected chi connectivity index (χ1v) is 9.40. The summed E-state index contributed by atoms with van der Waals surface area (Å²) in [4.78, 5) is 12.4. The molecule has 2 aromatic carbocycles. The molecule has 0 aliphatic heterocycles. The van der Waals surface area contributed by atoms with Crippen molar-refractivity contribution in [2.75, 3.05) is 6.54 Å². The Balaban J connectivity index is 2.36. The van der Waals surface area contributed by atoms with E-state index < -0.39 is 20.5 Å². The third-order valence-electron chi connectivity index (χ3n) is 3.75. The Kier molecular flexibility index (Phi) is 5.44. The predicted octanol–water partition coefficient (Wildman–Crippen LogP) is 3.36. The number of rotatable bonds is 5. The molecule has 128 valence electrons.